The van der Waals surface area contributed by atoms with Crippen molar-refractivity contribution in [3.63, 3.8) is 0 Å². The Kier molecular flexibility index (Phi) is 3.64. The molecule has 4 nitrogen and oxygen atoms in total. The van der Waals surface area contributed by atoms with Gasteiger partial charge in [-0.1, -0.05) is 15.9 Å². The van der Waals surface area contributed by atoms with Crippen LogP contribution in [0.15, 0.2) is 31.6 Å². The van der Waals surface area contributed by atoms with E-state index in [2.05, 4.69) is 42.5 Å². The first-order chi connectivity index (χ1) is 9.13. The van der Waals surface area contributed by atoms with Crippen molar-refractivity contribution in [1.29, 1.82) is 0 Å². The first-order valence-electron chi connectivity index (χ1n) is 6.03. The standard InChI is InChI=1S/C13H12Br2N2O2/c14-8-3-7-4-11(19-12(7)10(15)5-8)13(18)17-9-1-2-16-6-9/h3-5,9,16H,1-2,6H2,(H,17,18). The molecule has 1 aromatic heterocycles. The van der Waals surface area contributed by atoms with E-state index in [1.165, 1.54) is 0 Å². The third-order valence-corrected chi connectivity index (χ3v) is 4.20. The SMILES string of the molecule is O=C(NC1CCNC1)c1cc2cc(Br)cc(Br)c2o1. The lowest BCUT2D eigenvalue weighted by atomic mass is 10.2. The smallest absolute Gasteiger partial charge is 0.287 e. The molecule has 0 bridgehead atoms. The van der Waals surface area contributed by atoms with Gasteiger partial charge in [-0.25, -0.2) is 0 Å². The molecule has 1 amide bonds. The minimum absolute atomic E-state index is 0.159. The van der Waals surface area contributed by atoms with Crippen LogP contribution < -0.4 is 10.6 Å². The van der Waals surface area contributed by atoms with E-state index in [0.717, 1.165) is 33.8 Å². The van der Waals surface area contributed by atoms with Gasteiger partial charge in [0, 0.05) is 22.4 Å². The van der Waals surface area contributed by atoms with Crippen molar-refractivity contribution >= 4 is 48.7 Å². The summed E-state index contributed by atoms with van der Waals surface area (Å²) in [6.07, 6.45) is 0.960. The van der Waals surface area contributed by atoms with Crippen LogP contribution in [-0.4, -0.2) is 25.0 Å². The number of rotatable bonds is 2. The van der Waals surface area contributed by atoms with Gasteiger partial charge in [-0.15, -0.1) is 0 Å². The molecular formula is C13H12Br2N2O2. The third-order valence-electron chi connectivity index (χ3n) is 3.16. The number of fused-ring (bicyclic) bond motifs is 1. The number of hydrogen-bond acceptors (Lipinski definition) is 3. The Balaban J connectivity index is 1.88. The lowest BCUT2D eigenvalue weighted by molar-refractivity contribution is 0.0914. The van der Waals surface area contributed by atoms with Crippen molar-refractivity contribution in [1.82, 2.24) is 10.6 Å². The van der Waals surface area contributed by atoms with E-state index in [9.17, 15) is 4.79 Å². The van der Waals surface area contributed by atoms with Crippen LogP contribution in [-0.2, 0) is 0 Å². The van der Waals surface area contributed by atoms with Crippen LogP contribution in [0.1, 0.15) is 17.0 Å². The Morgan fingerprint density at radius 1 is 1.37 bits per heavy atom. The third kappa shape index (κ3) is 2.70. The van der Waals surface area contributed by atoms with Crippen LogP contribution in [0.3, 0.4) is 0 Å². The molecule has 0 aliphatic carbocycles. The Bertz CT molecular complexity index is 633. The molecule has 100 valence electrons. The van der Waals surface area contributed by atoms with Gasteiger partial charge in [-0.3, -0.25) is 4.79 Å². The molecule has 1 aliphatic rings. The fourth-order valence-electron chi connectivity index (χ4n) is 2.22. The minimum Gasteiger partial charge on any atom is -0.450 e. The number of furan rings is 1. The average Bonchev–Trinajstić information content (AvgIpc) is 2.97. The Hall–Kier alpha value is -0.850. The summed E-state index contributed by atoms with van der Waals surface area (Å²) in [4.78, 5) is 12.1. The van der Waals surface area contributed by atoms with Crippen molar-refractivity contribution in [2.45, 2.75) is 12.5 Å². The quantitative estimate of drug-likeness (QED) is 0.832. The summed E-state index contributed by atoms with van der Waals surface area (Å²) in [6, 6.07) is 5.78. The minimum atomic E-state index is -0.159. The second-order valence-corrected chi connectivity index (χ2v) is 6.35. The van der Waals surface area contributed by atoms with E-state index < -0.39 is 0 Å². The van der Waals surface area contributed by atoms with Crippen LogP contribution in [0.4, 0.5) is 0 Å². The van der Waals surface area contributed by atoms with E-state index in [1.807, 2.05) is 12.1 Å². The first-order valence-corrected chi connectivity index (χ1v) is 7.62. The van der Waals surface area contributed by atoms with Gasteiger partial charge < -0.3 is 15.1 Å². The van der Waals surface area contributed by atoms with Crippen molar-refractivity contribution in [3.05, 3.63) is 32.9 Å². The van der Waals surface area contributed by atoms with E-state index in [-0.39, 0.29) is 11.9 Å². The molecule has 1 saturated heterocycles. The van der Waals surface area contributed by atoms with Crippen molar-refractivity contribution in [2.75, 3.05) is 13.1 Å². The lowest BCUT2D eigenvalue weighted by Crippen LogP contribution is -2.35. The van der Waals surface area contributed by atoms with Gasteiger partial charge in [0.1, 0.15) is 5.58 Å². The van der Waals surface area contributed by atoms with Crippen molar-refractivity contribution in [2.24, 2.45) is 0 Å². The van der Waals surface area contributed by atoms with Gasteiger partial charge in [-0.05, 0) is 47.1 Å². The largest absolute Gasteiger partial charge is 0.450 e. The van der Waals surface area contributed by atoms with Gasteiger partial charge in [-0.2, -0.15) is 0 Å². The fraction of sp³-hybridized carbons (Fsp3) is 0.308. The highest BCUT2D eigenvalue weighted by Crippen LogP contribution is 2.30. The number of benzene rings is 1. The van der Waals surface area contributed by atoms with E-state index in [4.69, 9.17) is 4.42 Å². The number of carbonyl (C=O) groups excluding carboxylic acids is 1. The maximum atomic E-state index is 12.1. The predicted molar refractivity (Wildman–Crippen MR) is 80.4 cm³/mol. The molecule has 0 saturated carbocycles. The summed E-state index contributed by atoms with van der Waals surface area (Å²) < 4.78 is 7.40. The van der Waals surface area contributed by atoms with E-state index in [1.54, 1.807) is 6.07 Å². The zero-order valence-electron chi connectivity index (χ0n) is 10.0. The molecule has 1 aliphatic heterocycles. The first kappa shape index (κ1) is 13.1. The molecule has 0 spiro atoms. The Labute approximate surface area is 127 Å². The normalized spacial score (nSPS) is 18.9. The molecule has 2 heterocycles. The number of carbonyl (C=O) groups is 1. The zero-order valence-corrected chi connectivity index (χ0v) is 13.2. The predicted octanol–water partition coefficient (Wildman–Crippen LogP) is 3.05. The monoisotopic (exact) mass is 386 g/mol. The van der Waals surface area contributed by atoms with Gasteiger partial charge in [0.2, 0.25) is 0 Å². The van der Waals surface area contributed by atoms with Crippen molar-refractivity contribution in [3.8, 4) is 0 Å². The molecule has 19 heavy (non-hydrogen) atoms. The lowest BCUT2D eigenvalue weighted by Gasteiger charge is -2.08. The molecule has 0 radical (unpaired) electrons. The van der Waals surface area contributed by atoms with Gasteiger partial charge >= 0.3 is 0 Å². The van der Waals surface area contributed by atoms with Crippen LogP contribution >= 0.6 is 31.9 Å². The highest BCUT2D eigenvalue weighted by molar-refractivity contribution is 9.11. The summed E-state index contributed by atoms with van der Waals surface area (Å²) in [5, 5.41) is 7.08. The molecular weight excluding hydrogens is 376 g/mol. The molecule has 1 fully saturated rings. The molecule has 3 rings (SSSR count). The van der Waals surface area contributed by atoms with Crippen LogP contribution in [0.5, 0.6) is 0 Å². The molecule has 1 aromatic carbocycles. The van der Waals surface area contributed by atoms with Crippen LogP contribution in [0.25, 0.3) is 11.0 Å². The second kappa shape index (κ2) is 5.26. The highest BCUT2D eigenvalue weighted by Gasteiger charge is 2.20. The summed E-state index contributed by atoms with van der Waals surface area (Å²) >= 11 is 6.85. The van der Waals surface area contributed by atoms with Gasteiger partial charge in [0.25, 0.3) is 5.91 Å². The average molecular weight is 388 g/mol. The summed E-state index contributed by atoms with van der Waals surface area (Å²) in [5.41, 5.74) is 0.692. The van der Waals surface area contributed by atoms with Gasteiger partial charge in [0.05, 0.1) is 4.47 Å². The highest BCUT2D eigenvalue weighted by atomic mass is 79.9. The molecule has 1 unspecified atom stereocenters. The van der Waals surface area contributed by atoms with Crippen LogP contribution in [0, 0.1) is 0 Å². The topological polar surface area (TPSA) is 54.3 Å². The van der Waals surface area contributed by atoms with E-state index >= 15 is 0 Å². The fourth-order valence-corrected chi connectivity index (χ4v) is 3.56. The summed E-state index contributed by atoms with van der Waals surface area (Å²) in [7, 11) is 0. The summed E-state index contributed by atoms with van der Waals surface area (Å²) in [5.74, 6) is 0.189. The zero-order chi connectivity index (χ0) is 13.4. The van der Waals surface area contributed by atoms with Gasteiger partial charge in [0.15, 0.2) is 5.76 Å². The number of nitrogens with one attached hydrogen (secondary N) is 2. The van der Waals surface area contributed by atoms with E-state index in [0.29, 0.717) is 11.3 Å². The Morgan fingerprint density at radius 3 is 2.95 bits per heavy atom. The molecule has 1 atom stereocenters. The second-order valence-electron chi connectivity index (χ2n) is 4.58. The van der Waals surface area contributed by atoms with Crippen LogP contribution in [0.2, 0.25) is 0 Å². The maximum Gasteiger partial charge on any atom is 0.287 e. The molecule has 2 aromatic rings. The molecule has 6 heteroatoms. The number of amides is 1. The number of halogens is 2. The Morgan fingerprint density at radius 2 is 2.21 bits per heavy atom. The number of hydrogen-bond donors (Lipinski definition) is 2. The maximum absolute atomic E-state index is 12.1. The molecule has 2 N–H and O–H groups in total. The van der Waals surface area contributed by atoms with Crippen molar-refractivity contribution < 1.29 is 9.21 Å². The summed E-state index contributed by atoms with van der Waals surface area (Å²) in [6.45, 7) is 1.77.